The Morgan fingerprint density at radius 1 is 1.11 bits per heavy atom. The molecule has 3 aromatic rings. The van der Waals surface area contributed by atoms with Gasteiger partial charge in [-0.15, -0.1) is 0 Å². The zero-order valence-corrected chi connectivity index (χ0v) is 15.9. The second-order valence-corrected chi connectivity index (χ2v) is 7.08. The van der Waals surface area contributed by atoms with Crippen molar-refractivity contribution in [3.05, 3.63) is 52.8 Å². The summed E-state index contributed by atoms with van der Waals surface area (Å²) < 4.78 is 5.03. The highest BCUT2D eigenvalue weighted by atomic mass is 16.5. The summed E-state index contributed by atoms with van der Waals surface area (Å²) in [5.41, 5.74) is 3.60. The van der Waals surface area contributed by atoms with Gasteiger partial charge in [-0.1, -0.05) is 23.4 Å². The van der Waals surface area contributed by atoms with Gasteiger partial charge in [0.15, 0.2) is 5.82 Å². The molecule has 0 bridgehead atoms. The predicted molar refractivity (Wildman–Crippen MR) is 101 cm³/mol. The molecule has 27 heavy (non-hydrogen) atoms. The first kappa shape index (κ1) is 17.6. The highest BCUT2D eigenvalue weighted by Crippen LogP contribution is 2.23. The van der Waals surface area contributed by atoms with Gasteiger partial charge in [-0.25, -0.2) is 0 Å². The number of aromatic nitrogens is 3. The van der Waals surface area contributed by atoms with Crippen LogP contribution in [-0.2, 0) is 6.54 Å². The SMILES string of the molecule is Cc1cc(C(=O)N2CCN(Cc3noc(C)n3)CC2)c2cccc(C)c2n1. The van der Waals surface area contributed by atoms with Crippen LogP contribution in [0.15, 0.2) is 28.8 Å². The van der Waals surface area contributed by atoms with E-state index in [0.29, 0.717) is 31.3 Å². The summed E-state index contributed by atoms with van der Waals surface area (Å²) in [5.74, 6) is 1.35. The standard InChI is InChI=1S/C20H23N5O2/c1-13-5-4-6-16-17(11-14(2)21-19(13)16)20(26)25-9-7-24(8-10-25)12-18-22-15(3)27-23-18/h4-6,11H,7-10,12H2,1-3H3. The van der Waals surface area contributed by atoms with E-state index >= 15 is 0 Å². The second kappa shape index (κ2) is 7.08. The van der Waals surface area contributed by atoms with Crippen molar-refractivity contribution in [2.75, 3.05) is 26.2 Å². The molecule has 0 aliphatic carbocycles. The highest BCUT2D eigenvalue weighted by molar-refractivity contribution is 6.06. The fourth-order valence-corrected chi connectivity index (χ4v) is 3.58. The average molecular weight is 365 g/mol. The Kier molecular flexibility index (Phi) is 4.61. The van der Waals surface area contributed by atoms with Crippen molar-refractivity contribution in [1.29, 1.82) is 0 Å². The zero-order chi connectivity index (χ0) is 19.0. The molecule has 0 radical (unpaired) electrons. The minimum absolute atomic E-state index is 0.0751. The van der Waals surface area contributed by atoms with E-state index < -0.39 is 0 Å². The Morgan fingerprint density at radius 2 is 1.89 bits per heavy atom. The van der Waals surface area contributed by atoms with E-state index in [1.807, 2.05) is 43.0 Å². The van der Waals surface area contributed by atoms with Gasteiger partial charge < -0.3 is 9.42 Å². The van der Waals surface area contributed by atoms with E-state index in [1.54, 1.807) is 6.92 Å². The minimum Gasteiger partial charge on any atom is -0.340 e. The smallest absolute Gasteiger partial charge is 0.254 e. The van der Waals surface area contributed by atoms with Gasteiger partial charge in [0.25, 0.3) is 5.91 Å². The van der Waals surface area contributed by atoms with Crippen LogP contribution in [0.25, 0.3) is 10.9 Å². The van der Waals surface area contributed by atoms with E-state index in [4.69, 9.17) is 4.52 Å². The topological polar surface area (TPSA) is 75.4 Å². The molecule has 1 aromatic carbocycles. The fraction of sp³-hybridized carbons (Fsp3) is 0.400. The molecule has 7 nitrogen and oxygen atoms in total. The van der Waals surface area contributed by atoms with Gasteiger partial charge in [-0.3, -0.25) is 14.7 Å². The summed E-state index contributed by atoms with van der Waals surface area (Å²) in [6.07, 6.45) is 0. The van der Waals surface area contributed by atoms with Crippen molar-refractivity contribution in [3.63, 3.8) is 0 Å². The molecule has 140 valence electrons. The number of rotatable bonds is 3. The first-order valence-electron chi connectivity index (χ1n) is 9.19. The van der Waals surface area contributed by atoms with Crippen LogP contribution in [0.1, 0.15) is 33.3 Å². The highest BCUT2D eigenvalue weighted by Gasteiger charge is 2.24. The molecule has 0 saturated carbocycles. The Labute approximate surface area is 158 Å². The third-order valence-corrected chi connectivity index (χ3v) is 4.99. The Bertz CT molecular complexity index is 989. The number of carbonyl (C=O) groups excluding carboxylic acids is 1. The molecule has 0 N–H and O–H groups in total. The lowest BCUT2D eigenvalue weighted by Crippen LogP contribution is -2.48. The lowest BCUT2D eigenvalue weighted by molar-refractivity contribution is 0.0626. The van der Waals surface area contributed by atoms with Gasteiger partial charge >= 0.3 is 0 Å². The summed E-state index contributed by atoms with van der Waals surface area (Å²) >= 11 is 0. The quantitative estimate of drug-likeness (QED) is 0.710. The number of amides is 1. The van der Waals surface area contributed by atoms with Crippen molar-refractivity contribution in [1.82, 2.24) is 24.9 Å². The van der Waals surface area contributed by atoms with Crippen LogP contribution in [0.4, 0.5) is 0 Å². The lowest BCUT2D eigenvalue weighted by atomic mass is 10.0. The number of piperazine rings is 1. The van der Waals surface area contributed by atoms with Crippen LogP contribution in [0, 0.1) is 20.8 Å². The molecule has 1 fully saturated rings. The maximum Gasteiger partial charge on any atom is 0.254 e. The molecular formula is C20H23N5O2. The number of benzene rings is 1. The first-order valence-corrected chi connectivity index (χ1v) is 9.19. The fourth-order valence-electron chi connectivity index (χ4n) is 3.58. The van der Waals surface area contributed by atoms with Crippen molar-refractivity contribution >= 4 is 16.8 Å². The molecular weight excluding hydrogens is 342 g/mol. The monoisotopic (exact) mass is 365 g/mol. The van der Waals surface area contributed by atoms with Crippen LogP contribution < -0.4 is 0 Å². The first-order chi connectivity index (χ1) is 13.0. The van der Waals surface area contributed by atoms with Gasteiger partial charge in [0.05, 0.1) is 17.6 Å². The van der Waals surface area contributed by atoms with E-state index in [9.17, 15) is 4.79 Å². The minimum atomic E-state index is 0.0751. The molecule has 1 aliphatic heterocycles. The average Bonchev–Trinajstić information content (AvgIpc) is 3.07. The second-order valence-electron chi connectivity index (χ2n) is 7.08. The van der Waals surface area contributed by atoms with E-state index in [-0.39, 0.29) is 5.91 Å². The number of carbonyl (C=O) groups is 1. The number of hydrogen-bond acceptors (Lipinski definition) is 6. The van der Waals surface area contributed by atoms with Gasteiger partial charge in [0.1, 0.15) is 0 Å². The van der Waals surface area contributed by atoms with Gasteiger partial charge in [-0.05, 0) is 25.5 Å². The van der Waals surface area contributed by atoms with Gasteiger partial charge in [0, 0.05) is 44.2 Å². The van der Waals surface area contributed by atoms with Crippen LogP contribution in [0.5, 0.6) is 0 Å². The molecule has 0 atom stereocenters. The van der Waals surface area contributed by atoms with Crippen LogP contribution in [0.2, 0.25) is 0 Å². The maximum absolute atomic E-state index is 13.2. The Balaban J connectivity index is 1.50. The van der Waals surface area contributed by atoms with Crippen molar-refractivity contribution in [2.45, 2.75) is 27.3 Å². The van der Waals surface area contributed by atoms with Gasteiger partial charge in [0.2, 0.25) is 5.89 Å². The van der Waals surface area contributed by atoms with Crippen molar-refractivity contribution < 1.29 is 9.32 Å². The number of fused-ring (bicyclic) bond motifs is 1. The van der Waals surface area contributed by atoms with E-state index in [1.165, 1.54) is 0 Å². The number of nitrogens with zero attached hydrogens (tertiary/aromatic N) is 5. The summed E-state index contributed by atoms with van der Waals surface area (Å²) in [7, 11) is 0. The molecule has 1 aliphatic rings. The molecule has 1 saturated heterocycles. The molecule has 1 amide bonds. The summed E-state index contributed by atoms with van der Waals surface area (Å²) in [4.78, 5) is 26.2. The van der Waals surface area contributed by atoms with E-state index in [2.05, 4.69) is 20.0 Å². The zero-order valence-electron chi connectivity index (χ0n) is 15.9. The maximum atomic E-state index is 13.2. The lowest BCUT2D eigenvalue weighted by Gasteiger charge is -2.34. The van der Waals surface area contributed by atoms with Crippen LogP contribution >= 0.6 is 0 Å². The van der Waals surface area contributed by atoms with Gasteiger partial charge in [-0.2, -0.15) is 4.98 Å². The number of para-hydroxylation sites is 1. The largest absolute Gasteiger partial charge is 0.340 e. The van der Waals surface area contributed by atoms with Crippen LogP contribution in [-0.4, -0.2) is 57.0 Å². The molecule has 4 rings (SSSR count). The molecule has 0 spiro atoms. The van der Waals surface area contributed by atoms with E-state index in [0.717, 1.165) is 40.8 Å². The normalized spacial score (nSPS) is 15.4. The predicted octanol–water partition coefficient (Wildman–Crippen LogP) is 2.50. The van der Waals surface area contributed by atoms with Crippen LogP contribution in [0.3, 0.4) is 0 Å². The van der Waals surface area contributed by atoms with Crippen molar-refractivity contribution in [2.24, 2.45) is 0 Å². The number of hydrogen-bond donors (Lipinski definition) is 0. The summed E-state index contributed by atoms with van der Waals surface area (Å²) in [6.45, 7) is 9.36. The number of aryl methyl sites for hydroxylation is 3. The number of pyridine rings is 1. The third kappa shape index (κ3) is 3.55. The molecule has 7 heteroatoms. The molecule has 2 aromatic heterocycles. The molecule has 0 unspecified atom stereocenters. The Morgan fingerprint density at radius 3 is 2.59 bits per heavy atom. The summed E-state index contributed by atoms with van der Waals surface area (Å²) in [6, 6.07) is 7.90. The Hall–Kier alpha value is -2.80. The summed E-state index contributed by atoms with van der Waals surface area (Å²) in [5, 5.41) is 4.87. The third-order valence-electron chi connectivity index (χ3n) is 4.99. The van der Waals surface area contributed by atoms with Crippen molar-refractivity contribution in [3.8, 4) is 0 Å². The molecule has 3 heterocycles.